The van der Waals surface area contributed by atoms with Gasteiger partial charge >= 0.3 is 11.9 Å². The van der Waals surface area contributed by atoms with Gasteiger partial charge in [0.25, 0.3) is 0 Å². The summed E-state index contributed by atoms with van der Waals surface area (Å²) in [6.07, 6.45) is 0. The summed E-state index contributed by atoms with van der Waals surface area (Å²) in [4.78, 5) is 11.4. The summed E-state index contributed by atoms with van der Waals surface area (Å²) in [6.45, 7) is 6.22. The Hall–Kier alpha value is -0.433. The van der Waals surface area contributed by atoms with Crippen LogP contribution in [0.2, 0.25) is 0 Å². The maximum Gasteiger partial charge on any atom is 0.386 e. The molecule has 0 spiro atoms. The van der Waals surface area contributed by atoms with Crippen LogP contribution >= 0.6 is 0 Å². The summed E-state index contributed by atoms with van der Waals surface area (Å²) in [5, 5.41) is 0. The van der Waals surface area contributed by atoms with Crippen LogP contribution in [0.5, 0.6) is 0 Å². The second-order valence-corrected chi connectivity index (χ2v) is 2.76. The highest BCUT2D eigenvalue weighted by Crippen LogP contribution is 2.17. The van der Waals surface area contributed by atoms with E-state index in [0.717, 1.165) is 0 Å². The number of carbonyl (C=O) groups is 1. The minimum Gasteiger partial charge on any atom is -0.523 e. The third-order valence-electron chi connectivity index (χ3n) is 1.44. The van der Waals surface area contributed by atoms with Crippen LogP contribution in [0.4, 0.5) is 0 Å². The monoisotopic (exact) mass is 222 g/mol. The summed E-state index contributed by atoms with van der Waals surface area (Å²) in [5.74, 6) is -2.28. The van der Waals surface area contributed by atoms with Gasteiger partial charge in [-0.3, -0.25) is 0 Å². The molecule has 6 heteroatoms. The van der Waals surface area contributed by atoms with Gasteiger partial charge in [-0.15, -0.1) is 0 Å². The van der Waals surface area contributed by atoms with Gasteiger partial charge in [0.2, 0.25) is 10.5 Å². The summed E-state index contributed by atoms with van der Waals surface area (Å²) in [6, 6.07) is 0. The standard InChI is InChI=1S/C8H18O5Si/c1-4-10-8(11-5-2,12-6-3)7(9)13-14/h4-6H2,1-3,14H3. The Morgan fingerprint density at radius 1 is 1.07 bits per heavy atom. The predicted octanol–water partition coefficient (Wildman–Crippen LogP) is -0.427. The van der Waals surface area contributed by atoms with E-state index < -0.39 is 11.9 Å². The minimum absolute atomic E-state index is 0.285. The number of hydrogen-bond donors (Lipinski definition) is 0. The van der Waals surface area contributed by atoms with Gasteiger partial charge in [-0.1, -0.05) is 0 Å². The van der Waals surface area contributed by atoms with Gasteiger partial charge in [0.05, 0.1) is 19.8 Å². The largest absolute Gasteiger partial charge is 0.523 e. The molecule has 0 saturated carbocycles. The molecule has 0 aromatic heterocycles. The van der Waals surface area contributed by atoms with Crippen molar-refractivity contribution in [2.45, 2.75) is 26.7 Å². The molecule has 0 aromatic carbocycles. The van der Waals surface area contributed by atoms with Crippen LogP contribution in [-0.2, 0) is 23.4 Å². The van der Waals surface area contributed by atoms with E-state index in [1.54, 1.807) is 20.8 Å². The molecule has 0 aliphatic carbocycles. The van der Waals surface area contributed by atoms with Gasteiger partial charge in [-0.25, -0.2) is 4.79 Å². The fourth-order valence-corrected chi connectivity index (χ4v) is 1.25. The van der Waals surface area contributed by atoms with E-state index in [0.29, 0.717) is 19.8 Å². The van der Waals surface area contributed by atoms with E-state index >= 15 is 0 Å². The lowest BCUT2D eigenvalue weighted by Gasteiger charge is -2.29. The van der Waals surface area contributed by atoms with Crippen molar-refractivity contribution in [1.29, 1.82) is 0 Å². The van der Waals surface area contributed by atoms with Crippen LogP contribution in [0.15, 0.2) is 0 Å². The van der Waals surface area contributed by atoms with E-state index in [1.165, 1.54) is 0 Å². The summed E-state index contributed by atoms with van der Waals surface area (Å²) < 4.78 is 20.2. The van der Waals surface area contributed by atoms with Gasteiger partial charge in [0.1, 0.15) is 0 Å². The molecule has 0 N–H and O–H groups in total. The quantitative estimate of drug-likeness (QED) is 0.432. The van der Waals surface area contributed by atoms with Crippen LogP contribution in [-0.4, -0.2) is 42.2 Å². The van der Waals surface area contributed by atoms with Crippen molar-refractivity contribution in [2.24, 2.45) is 0 Å². The first-order valence-electron chi connectivity index (χ1n) is 4.67. The highest BCUT2D eigenvalue weighted by atomic mass is 28.2. The number of rotatable bonds is 7. The highest BCUT2D eigenvalue weighted by Gasteiger charge is 2.43. The second-order valence-electron chi connectivity index (χ2n) is 2.35. The minimum atomic E-state index is -1.67. The maximum atomic E-state index is 11.4. The third kappa shape index (κ3) is 3.37. The van der Waals surface area contributed by atoms with Crippen molar-refractivity contribution in [2.75, 3.05) is 19.8 Å². The molecular weight excluding hydrogens is 204 g/mol. The normalized spacial score (nSPS) is 11.6. The van der Waals surface area contributed by atoms with Gasteiger partial charge in [-0.2, -0.15) is 0 Å². The molecule has 5 nitrogen and oxygen atoms in total. The highest BCUT2D eigenvalue weighted by molar-refractivity contribution is 6.06. The fraction of sp³-hybridized carbons (Fsp3) is 0.875. The van der Waals surface area contributed by atoms with Crippen molar-refractivity contribution in [3.05, 3.63) is 0 Å². The first kappa shape index (κ1) is 13.6. The molecular formula is C8H18O5Si. The molecule has 0 bridgehead atoms. The molecule has 0 unspecified atom stereocenters. The van der Waals surface area contributed by atoms with Crippen molar-refractivity contribution in [1.82, 2.24) is 0 Å². The van der Waals surface area contributed by atoms with E-state index in [4.69, 9.17) is 18.6 Å². The maximum absolute atomic E-state index is 11.4. The van der Waals surface area contributed by atoms with Crippen LogP contribution in [0, 0.1) is 0 Å². The van der Waals surface area contributed by atoms with Crippen molar-refractivity contribution < 1.29 is 23.4 Å². The van der Waals surface area contributed by atoms with E-state index in [2.05, 4.69) is 0 Å². The van der Waals surface area contributed by atoms with Gasteiger partial charge < -0.3 is 18.6 Å². The average molecular weight is 222 g/mol. The molecule has 0 amide bonds. The zero-order chi connectivity index (χ0) is 11.0. The molecule has 14 heavy (non-hydrogen) atoms. The Bertz CT molecular complexity index is 156. The van der Waals surface area contributed by atoms with E-state index in [-0.39, 0.29) is 10.5 Å². The smallest absolute Gasteiger partial charge is 0.386 e. The van der Waals surface area contributed by atoms with Gasteiger partial charge in [0, 0.05) is 0 Å². The van der Waals surface area contributed by atoms with E-state index in [1.807, 2.05) is 0 Å². The first-order chi connectivity index (χ1) is 6.66. The molecule has 0 aliphatic heterocycles. The molecule has 0 rings (SSSR count). The molecule has 0 fully saturated rings. The van der Waals surface area contributed by atoms with Crippen molar-refractivity contribution in [3.8, 4) is 0 Å². The van der Waals surface area contributed by atoms with Gasteiger partial charge in [0.15, 0.2) is 0 Å². The Labute approximate surface area is 87.2 Å². The summed E-state index contributed by atoms with van der Waals surface area (Å²) in [7, 11) is 0.285. The van der Waals surface area contributed by atoms with Crippen molar-refractivity contribution >= 4 is 16.5 Å². The molecule has 84 valence electrons. The van der Waals surface area contributed by atoms with Crippen molar-refractivity contribution in [3.63, 3.8) is 0 Å². The SMILES string of the molecule is CCOC(OCC)(OCC)C(=O)O[SiH3]. The lowest BCUT2D eigenvalue weighted by molar-refractivity contribution is -0.357. The Balaban J connectivity index is 4.62. The topological polar surface area (TPSA) is 54.0 Å². The fourth-order valence-electron chi connectivity index (χ4n) is 0.997. The lowest BCUT2D eigenvalue weighted by atomic mass is 10.5. The molecule has 0 heterocycles. The average Bonchev–Trinajstić information content (AvgIpc) is 2.17. The van der Waals surface area contributed by atoms with E-state index in [9.17, 15) is 4.79 Å². The molecule has 0 saturated heterocycles. The number of hydrogen-bond acceptors (Lipinski definition) is 5. The van der Waals surface area contributed by atoms with Gasteiger partial charge in [-0.05, 0) is 20.8 Å². The number of ether oxygens (including phenoxy) is 3. The molecule has 0 aromatic rings. The van der Waals surface area contributed by atoms with Crippen LogP contribution in [0.25, 0.3) is 0 Å². The Morgan fingerprint density at radius 3 is 1.64 bits per heavy atom. The van der Waals surface area contributed by atoms with Crippen LogP contribution in [0.3, 0.4) is 0 Å². The Morgan fingerprint density at radius 2 is 1.43 bits per heavy atom. The zero-order valence-corrected chi connectivity index (χ0v) is 11.2. The molecule has 0 atom stereocenters. The van der Waals surface area contributed by atoms with Crippen LogP contribution < -0.4 is 0 Å². The van der Waals surface area contributed by atoms with Crippen LogP contribution in [0.1, 0.15) is 20.8 Å². The predicted molar refractivity (Wildman–Crippen MR) is 53.6 cm³/mol. The number of carbonyl (C=O) groups excluding carboxylic acids is 1. The second kappa shape index (κ2) is 6.94. The first-order valence-corrected chi connectivity index (χ1v) is 5.48. The Kier molecular flexibility index (Phi) is 6.72. The molecule has 0 radical (unpaired) electrons. The molecule has 0 aliphatic rings. The summed E-state index contributed by atoms with van der Waals surface area (Å²) >= 11 is 0. The lowest BCUT2D eigenvalue weighted by Crippen LogP contribution is -2.48. The third-order valence-corrected chi connectivity index (χ3v) is 1.81. The summed E-state index contributed by atoms with van der Waals surface area (Å²) in [5.41, 5.74) is 0. The zero-order valence-electron chi connectivity index (χ0n) is 9.16.